The normalized spacial score (nSPS) is 11.4. The summed E-state index contributed by atoms with van der Waals surface area (Å²) in [6, 6.07) is 10.5. The van der Waals surface area contributed by atoms with Crippen molar-refractivity contribution in [2.75, 3.05) is 12.4 Å². The quantitative estimate of drug-likeness (QED) is 0.806. The molecule has 0 radical (unpaired) electrons. The first-order valence-corrected chi connectivity index (χ1v) is 9.68. The van der Waals surface area contributed by atoms with Gasteiger partial charge >= 0.3 is 0 Å². The van der Waals surface area contributed by atoms with Gasteiger partial charge < -0.3 is 5.32 Å². The standard InChI is InChI=1S/C18H21ClN2O3S/c1-12-4-6-14(10-16(12)19)7-9-18(22)21-15-8-5-13(2)17(11-15)25(23,24)20-3/h4-6,8,10-11,20H,7,9H2,1-3H3,(H,21,22). The summed E-state index contributed by atoms with van der Waals surface area (Å²) >= 11 is 6.08. The van der Waals surface area contributed by atoms with E-state index < -0.39 is 10.0 Å². The van der Waals surface area contributed by atoms with E-state index in [0.29, 0.717) is 22.7 Å². The molecule has 0 spiro atoms. The van der Waals surface area contributed by atoms with Crippen molar-refractivity contribution in [2.45, 2.75) is 31.6 Å². The topological polar surface area (TPSA) is 75.3 Å². The van der Waals surface area contributed by atoms with Crippen LogP contribution in [0.1, 0.15) is 23.1 Å². The van der Waals surface area contributed by atoms with Crippen molar-refractivity contribution >= 4 is 33.2 Å². The molecule has 0 atom stereocenters. The van der Waals surface area contributed by atoms with Crippen molar-refractivity contribution in [2.24, 2.45) is 0 Å². The van der Waals surface area contributed by atoms with Crippen LogP contribution in [0.25, 0.3) is 0 Å². The van der Waals surface area contributed by atoms with Gasteiger partial charge in [-0.2, -0.15) is 0 Å². The Balaban J connectivity index is 2.05. The number of carbonyl (C=O) groups excluding carboxylic acids is 1. The number of hydrogen-bond acceptors (Lipinski definition) is 3. The zero-order valence-electron chi connectivity index (χ0n) is 14.4. The number of carbonyl (C=O) groups is 1. The molecule has 0 saturated heterocycles. The SMILES string of the molecule is CNS(=O)(=O)c1cc(NC(=O)CCc2ccc(C)c(Cl)c2)ccc1C. The van der Waals surface area contributed by atoms with Gasteiger partial charge in [0, 0.05) is 17.1 Å². The van der Waals surface area contributed by atoms with Crippen LogP contribution in [0, 0.1) is 13.8 Å². The molecule has 2 rings (SSSR count). The first-order valence-electron chi connectivity index (χ1n) is 7.82. The Morgan fingerprint density at radius 2 is 1.76 bits per heavy atom. The van der Waals surface area contributed by atoms with Gasteiger partial charge in [-0.05, 0) is 62.2 Å². The highest BCUT2D eigenvalue weighted by Gasteiger charge is 2.15. The van der Waals surface area contributed by atoms with Gasteiger partial charge in [-0.1, -0.05) is 29.8 Å². The number of rotatable bonds is 6. The minimum Gasteiger partial charge on any atom is -0.326 e. The summed E-state index contributed by atoms with van der Waals surface area (Å²) in [5, 5.41) is 3.42. The van der Waals surface area contributed by atoms with E-state index in [1.807, 2.05) is 25.1 Å². The molecule has 2 N–H and O–H groups in total. The molecule has 0 aromatic heterocycles. The minimum absolute atomic E-state index is 0.151. The molecule has 0 heterocycles. The van der Waals surface area contributed by atoms with E-state index >= 15 is 0 Å². The van der Waals surface area contributed by atoms with Crippen LogP contribution in [0.15, 0.2) is 41.3 Å². The lowest BCUT2D eigenvalue weighted by molar-refractivity contribution is -0.116. The fourth-order valence-corrected chi connectivity index (χ4v) is 3.55. The third-order valence-electron chi connectivity index (χ3n) is 3.91. The van der Waals surface area contributed by atoms with E-state index in [1.165, 1.54) is 13.1 Å². The third kappa shape index (κ3) is 5.04. The fourth-order valence-electron chi connectivity index (χ4n) is 2.35. The van der Waals surface area contributed by atoms with Gasteiger partial charge in [0.1, 0.15) is 0 Å². The van der Waals surface area contributed by atoms with Crippen molar-refractivity contribution in [1.82, 2.24) is 4.72 Å². The number of benzene rings is 2. The van der Waals surface area contributed by atoms with Gasteiger partial charge in [0.2, 0.25) is 15.9 Å². The Bertz CT molecular complexity index is 895. The van der Waals surface area contributed by atoms with Gasteiger partial charge in [-0.3, -0.25) is 4.79 Å². The van der Waals surface area contributed by atoms with Crippen molar-refractivity contribution in [3.63, 3.8) is 0 Å². The van der Waals surface area contributed by atoms with Crippen LogP contribution in [0.4, 0.5) is 5.69 Å². The number of aryl methyl sites for hydroxylation is 3. The van der Waals surface area contributed by atoms with Gasteiger partial charge in [-0.15, -0.1) is 0 Å². The Morgan fingerprint density at radius 1 is 1.08 bits per heavy atom. The summed E-state index contributed by atoms with van der Waals surface area (Å²) < 4.78 is 26.3. The summed E-state index contributed by atoms with van der Waals surface area (Å²) in [6.07, 6.45) is 0.834. The summed E-state index contributed by atoms with van der Waals surface area (Å²) in [5.74, 6) is -0.187. The second-order valence-electron chi connectivity index (χ2n) is 5.82. The highest BCUT2D eigenvalue weighted by Crippen LogP contribution is 2.21. The molecule has 2 aromatic carbocycles. The van der Waals surface area contributed by atoms with Crippen molar-refractivity contribution in [3.8, 4) is 0 Å². The predicted octanol–water partition coefficient (Wildman–Crippen LogP) is 3.44. The molecular weight excluding hydrogens is 360 g/mol. The van der Waals surface area contributed by atoms with Crippen molar-refractivity contribution in [1.29, 1.82) is 0 Å². The van der Waals surface area contributed by atoms with Crippen LogP contribution < -0.4 is 10.0 Å². The lowest BCUT2D eigenvalue weighted by atomic mass is 10.1. The number of hydrogen-bond donors (Lipinski definition) is 2. The van der Waals surface area contributed by atoms with E-state index in [4.69, 9.17) is 11.6 Å². The van der Waals surface area contributed by atoms with Crippen molar-refractivity contribution < 1.29 is 13.2 Å². The number of sulfonamides is 1. The Hall–Kier alpha value is -1.89. The molecule has 25 heavy (non-hydrogen) atoms. The molecule has 2 aromatic rings. The van der Waals surface area contributed by atoms with E-state index in [-0.39, 0.29) is 17.2 Å². The van der Waals surface area contributed by atoms with Crippen LogP contribution in [0.5, 0.6) is 0 Å². The van der Waals surface area contributed by atoms with Gasteiger partial charge in [0.15, 0.2) is 0 Å². The Kier molecular flexibility index (Phi) is 6.21. The van der Waals surface area contributed by atoms with Gasteiger partial charge in [0.25, 0.3) is 0 Å². The van der Waals surface area contributed by atoms with Crippen LogP contribution in [-0.2, 0) is 21.2 Å². The highest BCUT2D eigenvalue weighted by atomic mass is 35.5. The first-order chi connectivity index (χ1) is 11.7. The van der Waals surface area contributed by atoms with Crippen LogP contribution in [0.2, 0.25) is 5.02 Å². The number of amides is 1. The lowest BCUT2D eigenvalue weighted by Gasteiger charge is -2.10. The Labute approximate surface area is 153 Å². The second kappa shape index (κ2) is 7.99. The van der Waals surface area contributed by atoms with Crippen LogP contribution in [0.3, 0.4) is 0 Å². The maximum Gasteiger partial charge on any atom is 0.240 e. The molecule has 1 amide bonds. The number of anilines is 1. The molecule has 0 unspecified atom stereocenters. The summed E-state index contributed by atoms with van der Waals surface area (Å²) in [4.78, 5) is 12.3. The van der Waals surface area contributed by atoms with Gasteiger partial charge in [0.05, 0.1) is 4.90 Å². The first kappa shape index (κ1) is 19.4. The monoisotopic (exact) mass is 380 g/mol. The van der Waals surface area contributed by atoms with E-state index in [2.05, 4.69) is 10.0 Å². The number of nitrogens with one attached hydrogen (secondary N) is 2. The largest absolute Gasteiger partial charge is 0.326 e. The Morgan fingerprint density at radius 3 is 2.40 bits per heavy atom. The number of halogens is 1. The highest BCUT2D eigenvalue weighted by molar-refractivity contribution is 7.89. The summed E-state index contributed by atoms with van der Waals surface area (Å²) in [6.45, 7) is 3.63. The van der Waals surface area contributed by atoms with E-state index in [9.17, 15) is 13.2 Å². The van der Waals surface area contributed by atoms with E-state index in [1.54, 1.807) is 19.1 Å². The zero-order chi connectivity index (χ0) is 18.6. The van der Waals surface area contributed by atoms with Gasteiger partial charge in [-0.25, -0.2) is 13.1 Å². The van der Waals surface area contributed by atoms with Crippen LogP contribution in [-0.4, -0.2) is 21.4 Å². The summed E-state index contributed by atoms with van der Waals surface area (Å²) in [5.41, 5.74) is 3.04. The average molecular weight is 381 g/mol. The lowest BCUT2D eigenvalue weighted by Crippen LogP contribution is -2.20. The second-order valence-corrected chi connectivity index (χ2v) is 8.08. The van der Waals surface area contributed by atoms with E-state index in [0.717, 1.165) is 11.1 Å². The predicted molar refractivity (Wildman–Crippen MR) is 101 cm³/mol. The molecule has 0 aliphatic rings. The molecule has 0 aliphatic carbocycles. The van der Waals surface area contributed by atoms with Crippen LogP contribution >= 0.6 is 11.6 Å². The maximum atomic E-state index is 12.1. The molecule has 0 saturated carbocycles. The smallest absolute Gasteiger partial charge is 0.240 e. The maximum absolute atomic E-state index is 12.1. The molecule has 5 nitrogen and oxygen atoms in total. The average Bonchev–Trinajstić information content (AvgIpc) is 2.57. The summed E-state index contributed by atoms with van der Waals surface area (Å²) in [7, 11) is -2.21. The molecule has 0 bridgehead atoms. The molecule has 7 heteroatoms. The fraction of sp³-hybridized carbons (Fsp3) is 0.278. The molecule has 0 fully saturated rings. The zero-order valence-corrected chi connectivity index (χ0v) is 16.0. The van der Waals surface area contributed by atoms with Crippen molar-refractivity contribution in [3.05, 3.63) is 58.1 Å². The molecule has 0 aliphatic heterocycles. The third-order valence-corrected chi connectivity index (χ3v) is 5.87. The molecule has 134 valence electrons. The molecular formula is C18H21ClN2O3S. The minimum atomic E-state index is -3.57.